The molecular formula is C14H15NO3S. The molecule has 0 atom stereocenters. The van der Waals surface area contributed by atoms with Crippen LogP contribution >= 0.6 is 0 Å². The fourth-order valence-corrected chi connectivity index (χ4v) is 2.26. The molecule has 0 amide bonds. The summed E-state index contributed by atoms with van der Waals surface area (Å²) in [6.45, 7) is 1.90. The van der Waals surface area contributed by atoms with Crippen molar-refractivity contribution in [3.8, 4) is 11.5 Å². The molecule has 0 unspecified atom stereocenters. The van der Waals surface area contributed by atoms with Gasteiger partial charge in [-0.3, -0.25) is 0 Å². The maximum absolute atomic E-state index is 11.3. The van der Waals surface area contributed by atoms with Gasteiger partial charge in [0.1, 0.15) is 5.75 Å². The molecule has 5 heteroatoms. The van der Waals surface area contributed by atoms with Gasteiger partial charge >= 0.3 is 0 Å². The van der Waals surface area contributed by atoms with Gasteiger partial charge in [-0.1, -0.05) is 12.1 Å². The molecule has 0 saturated heterocycles. The van der Waals surface area contributed by atoms with E-state index in [0.717, 1.165) is 5.56 Å². The third-order valence-electron chi connectivity index (χ3n) is 2.76. The molecule has 0 fully saturated rings. The molecule has 0 saturated carbocycles. The lowest BCUT2D eigenvalue weighted by Gasteiger charge is -2.10. The summed E-state index contributed by atoms with van der Waals surface area (Å²) in [6, 6.07) is 11.8. The molecule has 0 spiro atoms. The zero-order valence-corrected chi connectivity index (χ0v) is 11.6. The largest absolute Gasteiger partial charge is 0.455 e. The van der Waals surface area contributed by atoms with Crippen LogP contribution in [0.5, 0.6) is 11.5 Å². The number of rotatable bonds is 3. The van der Waals surface area contributed by atoms with E-state index in [0.29, 0.717) is 17.2 Å². The molecular weight excluding hydrogens is 262 g/mol. The van der Waals surface area contributed by atoms with Crippen molar-refractivity contribution in [3.63, 3.8) is 0 Å². The van der Waals surface area contributed by atoms with Gasteiger partial charge in [-0.25, -0.2) is 8.42 Å². The summed E-state index contributed by atoms with van der Waals surface area (Å²) in [6.07, 6.45) is 1.17. The number of aryl methyl sites for hydroxylation is 1. The summed E-state index contributed by atoms with van der Waals surface area (Å²) in [4.78, 5) is 0.261. The standard InChI is InChI=1S/C14H15NO3S/c1-10-4-3-5-13(14(10)15)18-11-6-8-12(9-7-11)19(2,16)17/h3-9H,15H2,1-2H3. The van der Waals surface area contributed by atoms with Crippen LogP contribution in [0.15, 0.2) is 47.4 Å². The molecule has 0 aliphatic rings. The number of anilines is 1. The summed E-state index contributed by atoms with van der Waals surface area (Å²) in [5.41, 5.74) is 7.42. The van der Waals surface area contributed by atoms with Crippen molar-refractivity contribution in [1.82, 2.24) is 0 Å². The molecule has 19 heavy (non-hydrogen) atoms. The topological polar surface area (TPSA) is 69.4 Å². The highest BCUT2D eigenvalue weighted by Crippen LogP contribution is 2.29. The van der Waals surface area contributed by atoms with Crippen LogP contribution in [0.1, 0.15) is 5.56 Å². The fourth-order valence-electron chi connectivity index (χ4n) is 1.62. The van der Waals surface area contributed by atoms with E-state index in [-0.39, 0.29) is 4.90 Å². The highest BCUT2D eigenvalue weighted by Gasteiger charge is 2.08. The van der Waals surface area contributed by atoms with Crippen molar-refractivity contribution >= 4 is 15.5 Å². The SMILES string of the molecule is Cc1cccc(Oc2ccc(S(C)(=O)=O)cc2)c1N. The van der Waals surface area contributed by atoms with Crippen LogP contribution in [-0.2, 0) is 9.84 Å². The Morgan fingerprint density at radius 1 is 1.05 bits per heavy atom. The normalized spacial score (nSPS) is 11.3. The average molecular weight is 277 g/mol. The average Bonchev–Trinajstić information content (AvgIpc) is 2.35. The first-order valence-corrected chi connectivity index (χ1v) is 7.60. The van der Waals surface area contributed by atoms with Gasteiger partial charge in [0.2, 0.25) is 0 Å². The van der Waals surface area contributed by atoms with E-state index in [1.165, 1.54) is 18.4 Å². The Morgan fingerprint density at radius 2 is 1.68 bits per heavy atom. The zero-order chi connectivity index (χ0) is 14.0. The lowest BCUT2D eigenvalue weighted by Crippen LogP contribution is -1.97. The zero-order valence-electron chi connectivity index (χ0n) is 10.8. The molecule has 0 aliphatic heterocycles. The molecule has 4 nitrogen and oxygen atoms in total. The van der Waals surface area contributed by atoms with Gasteiger partial charge in [0.15, 0.2) is 15.6 Å². The Kier molecular flexibility index (Phi) is 3.48. The Bertz CT molecular complexity index is 691. The van der Waals surface area contributed by atoms with Crippen LogP contribution in [0.2, 0.25) is 0 Å². The lowest BCUT2D eigenvalue weighted by atomic mass is 10.2. The van der Waals surface area contributed by atoms with Gasteiger partial charge in [-0.05, 0) is 42.8 Å². The predicted molar refractivity (Wildman–Crippen MR) is 75.2 cm³/mol. The molecule has 2 aromatic rings. The molecule has 2 rings (SSSR count). The van der Waals surface area contributed by atoms with Gasteiger partial charge in [0.25, 0.3) is 0 Å². The highest BCUT2D eigenvalue weighted by molar-refractivity contribution is 7.90. The number of ether oxygens (including phenoxy) is 1. The van der Waals surface area contributed by atoms with Gasteiger partial charge in [0.05, 0.1) is 10.6 Å². The van der Waals surface area contributed by atoms with Gasteiger partial charge in [0, 0.05) is 6.26 Å². The van der Waals surface area contributed by atoms with Crippen LogP contribution in [0.4, 0.5) is 5.69 Å². The Morgan fingerprint density at radius 3 is 2.26 bits per heavy atom. The third-order valence-corrected chi connectivity index (χ3v) is 3.89. The fraction of sp³-hybridized carbons (Fsp3) is 0.143. The quantitative estimate of drug-likeness (QED) is 0.876. The maximum atomic E-state index is 11.3. The number of sulfone groups is 1. The number of para-hydroxylation sites is 1. The molecule has 0 heterocycles. The van der Waals surface area contributed by atoms with E-state index in [4.69, 9.17) is 10.5 Å². The van der Waals surface area contributed by atoms with E-state index >= 15 is 0 Å². The van der Waals surface area contributed by atoms with E-state index in [1.54, 1.807) is 18.2 Å². The van der Waals surface area contributed by atoms with Crippen LogP contribution in [0.3, 0.4) is 0 Å². The summed E-state index contributed by atoms with van der Waals surface area (Å²) in [7, 11) is -3.19. The van der Waals surface area contributed by atoms with Crippen LogP contribution in [0.25, 0.3) is 0 Å². The van der Waals surface area contributed by atoms with Gasteiger partial charge < -0.3 is 10.5 Å². The van der Waals surface area contributed by atoms with Crippen molar-refractivity contribution in [2.24, 2.45) is 0 Å². The van der Waals surface area contributed by atoms with E-state index < -0.39 is 9.84 Å². The molecule has 100 valence electrons. The summed E-state index contributed by atoms with van der Waals surface area (Å²) in [5.74, 6) is 1.11. The summed E-state index contributed by atoms with van der Waals surface area (Å²) >= 11 is 0. The van der Waals surface area contributed by atoms with Crippen molar-refractivity contribution in [3.05, 3.63) is 48.0 Å². The smallest absolute Gasteiger partial charge is 0.175 e. The minimum absolute atomic E-state index is 0.261. The van der Waals surface area contributed by atoms with Crippen molar-refractivity contribution in [2.75, 3.05) is 12.0 Å². The molecule has 0 radical (unpaired) electrons. The van der Waals surface area contributed by atoms with E-state index in [9.17, 15) is 8.42 Å². The van der Waals surface area contributed by atoms with Crippen molar-refractivity contribution in [1.29, 1.82) is 0 Å². The lowest BCUT2D eigenvalue weighted by molar-refractivity contribution is 0.484. The van der Waals surface area contributed by atoms with Crippen molar-refractivity contribution < 1.29 is 13.2 Å². The van der Waals surface area contributed by atoms with Crippen molar-refractivity contribution in [2.45, 2.75) is 11.8 Å². The Labute approximate surface area is 112 Å². The molecule has 0 bridgehead atoms. The first kappa shape index (κ1) is 13.4. The van der Waals surface area contributed by atoms with Crippen LogP contribution in [0, 0.1) is 6.92 Å². The number of benzene rings is 2. The molecule has 2 aromatic carbocycles. The highest BCUT2D eigenvalue weighted by atomic mass is 32.2. The number of nitrogen functional groups attached to an aromatic ring is 1. The van der Waals surface area contributed by atoms with E-state index in [1.807, 2.05) is 19.1 Å². The van der Waals surface area contributed by atoms with E-state index in [2.05, 4.69) is 0 Å². The minimum Gasteiger partial charge on any atom is -0.455 e. The first-order valence-electron chi connectivity index (χ1n) is 5.71. The predicted octanol–water partition coefficient (Wildman–Crippen LogP) is 2.77. The maximum Gasteiger partial charge on any atom is 0.175 e. The number of hydrogen-bond acceptors (Lipinski definition) is 4. The van der Waals surface area contributed by atoms with Gasteiger partial charge in [-0.15, -0.1) is 0 Å². The number of nitrogens with two attached hydrogens (primary N) is 1. The van der Waals surface area contributed by atoms with Gasteiger partial charge in [-0.2, -0.15) is 0 Å². The third kappa shape index (κ3) is 3.06. The summed E-state index contributed by atoms with van der Waals surface area (Å²) < 4.78 is 28.3. The number of hydrogen-bond donors (Lipinski definition) is 1. The molecule has 0 aromatic heterocycles. The second-order valence-electron chi connectivity index (χ2n) is 4.33. The summed E-state index contributed by atoms with van der Waals surface area (Å²) in [5, 5.41) is 0. The molecule has 0 aliphatic carbocycles. The minimum atomic E-state index is -3.19. The second-order valence-corrected chi connectivity index (χ2v) is 6.35. The Hall–Kier alpha value is -2.01. The monoisotopic (exact) mass is 277 g/mol. The second kappa shape index (κ2) is 4.93. The first-order chi connectivity index (χ1) is 8.88. The molecule has 2 N–H and O–H groups in total. The Balaban J connectivity index is 2.27. The van der Waals surface area contributed by atoms with Crippen LogP contribution in [-0.4, -0.2) is 14.7 Å². The van der Waals surface area contributed by atoms with Crippen LogP contribution < -0.4 is 10.5 Å².